The van der Waals surface area contributed by atoms with Crippen LogP contribution in [-0.2, 0) is 0 Å². The lowest BCUT2D eigenvalue weighted by Gasteiger charge is -2.21. The molecule has 0 aliphatic rings. The van der Waals surface area contributed by atoms with Gasteiger partial charge in [-0.2, -0.15) is 0 Å². The summed E-state index contributed by atoms with van der Waals surface area (Å²) in [4.78, 5) is 4.62. The minimum absolute atomic E-state index is 0.0786. The van der Waals surface area contributed by atoms with Crippen molar-refractivity contribution in [3.8, 4) is 5.75 Å². The number of aryl methyl sites for hydroxylation is 1. The Morgan fingerprint density at radius 3 is 2.58 bits per heavy atom. The first-order valence-corrected chi connectivity index (χ1v) is 7.30. The number of hydrogen-bond donors (Lipinski definition) is 1. The van der Waals surface area contributed by atoms with Crippen molar-refractivity contribution in [2.45, 2.75) is 32.9 Å². The SMILES string of the molecule is COc1ccccc1C(NC(C)C)c1nc(C)cs1. The summed E-state index contributed by atoms with van der Waals surface area (Å²) in [5, 5.41) is 6.73. The Kier molecular flexibility index (Phi) is 4.56. The van der Waals surface area contributed by atoms with Crippen LogP contribution in [-0.4, -0.2) is 18.1 Å². The molecule has 0 saturated carbocycles. The number of methoxy groups -OCH3 is 1. The van der Waals surface area contributed by atoms with Gasteiger partial charge in [-0.15, -0.1) is 11.3 Å². The van der Waals surface area contributed by atoms with E-state index in [1.54, 1.807) is 18.4 Å². The summed E-state index contributed by atoms with van der Waals surface area (Å²) in [6.45, 7) is 6.31. The molecule has 2 aromatic rings. The molecule has 2 rings (SSSR count). The third-order valence-electron chi connectivity index (χ3n) is 2.83. The second-order valence-corrected chi connectivity index (χ2v) is 5.71. The van der Waals surface area contributed by atoms with Crippen LogP contribution in [0.15, 0.2) is 29.6 Å². The minimum atomic E-state index is 0.0786. The van der Waals surface area contributed by atoms with E-state index in [0.717, 1.165) is 22.0 Å². The van der Waals surface area contributed by atoms with Crippen molar-refractivity contribution >= 4 is 11.3 Å². The van der Waals surface area contributed by atoms with Gasteiger partial charge in [-0.25, -0.2) is 4.98 Å². The molecule has 1 aromatic heterocycles. The van der Waals surface area contributed by atoms with Gasteiger partial charge in [0.1, 0.15) is 10.8 Å². The molecule has 0 amide bonds. The van der Waals surface area contributed by atoms with Crippen molar-refractivity contribution in [2.75, 3.05) is 7.11 Å². The first kappa shape index (κ1) is 14.0. The van der Waals surface area contributed by atoms with Crippen LogP contribution in [0.3, 0.4) is 0 Å². The van der Waals surface area contributed by atoms with Crippen molar-refractivity contribution in [1.29, 1.82) is 0 Å². The average molecular weight is 276 g/mol. The lowest BCUT2D eigenvalue weighted by Crippen LogP contribution is -2.29. The zero-order valence-electron chi connectivity index (χ0n) is 11.8. The smallest absolute Gasteiger partial charge is 0.124 e. The Hall–Kier alpha value is -1.39. The predicted octanol–water partition coefficient (Wildman–Crippen LogP) is 3.55. The molecule has 0 radical (unpaired) electrons. The van der Waals surface area contributed by atoms with E-state index in [1.807, 2.05) is 25.1 Å². The molecule has 0 aliphatic carbocycles. The molecule has 4 heteroatoms. The number of hydrogen-bond acceptors (Lipinski definition) is 4. The van der Waals surface area contributed by atoms with Crippen molar-refractivity contribution in [3.63, 3.8) is 0 Å². The van der Waals surface area contributed by atoms with Gasteiger partial charge in [0, 0.05) is 22.7 Å². The normalized spacial score (nSPS) is 12.7. The number of ether oxygens (including phenoxy) is 1. The van der Waals surface area contributed by atoms with E-state index >= 15 is 0 Å². The molecule has 19 heavy (non-hydrogen) atoms. The summed E-state index contributed by atoms with van der Waals surface area (Å²) in [7, 11) is 1.71. The second kappa shape index (κ2) is 6.17. The maximum absolute atomic E-state index is 5.47. The van der Waals surface area contributed by atoms with Crippen molar-refractivity contribution in [2.24, 2.45) is 0 Å². The fourth-order valence-electron chi connectivity index (χ4n) is 2.04. The number of thiazole rings is 1. The van der Waals surface area contributed by atoms with Crippen LogP contribution in [0.2, 0.25) is 0 Å². The molecular weight excluding hydrogens is 256 g/mol. The van der Waals surface area contributed by atoms with Gasteiger partial charge in [0.05, 0.1) is 13.2 Å². The van der Waals surface area contributed by atoms with Crippen LogP contribution >= 0.6 is 11.3 Å². The quantitative estimate of drug-likeness (QED) is 0.907. The van der Waals surface area contributed by atoms with Crippen molar-refractivity contribution < 1.29 is 4.74 Å². The molecule has 0 aliphatic heterocycles. The van der Waals surface area contributed by atoms with E-state index in [-0.39, 0.29) is 6.04 Å². The lowest BCUT2D eigenvalue weighted by molar-refractivity contribution is 0.401. The third-order valence-corrected chi connectivity index (χ3v) is 3.86. The fourth-order valence-corrected chi connectivity index (χ4v) is 2.91. The van der Waals surface area contributed by atoms with E-state index in [2.05, 4.69) is 35.6 Å². The predicted molar refractivity (Wildman–Crippen MR) is 80.0 cm³/mol. The monoisotopic (exact) mass is 276 g/mol. The molecule has 1 aromatic carbocycles. The van der Waals surface area contributed by atoms with E-state index in [0.29, 0.717) is 6.04 Å². The molecule has 1 unspecified atom stereocenters. The van der Waals surface area contributed by atoms with Gasteiger partial charge in [0.2, 0.25) is 0 Å². The fraction of sp³-hybridized carbons (Fsp3) is 0.400. The van der Waals surface area contributed by atoms with Crippen LogP contribution in [0.25, 0.3) is 0 Å². The first-order valence-electron chi connectivity index (χ1n) is 6.42. The zero-order chi connectivity index (χ0) is 13.8. The van der Waals surface area contributed by atoms with Gasteiger partial charge < -0.3 is 10.1 Å². The van der Waals surface area contributed by atoms with Gasteiger partial charge in [-0.05, 0) is 26.8 Å². The van der Waals surface area contributed by atoms with Crippen LogP contribution < -0.4 is 10.1 Å². The van der Waals surface area contributed by atoms with E-state index < -0.39 is 0 Å². The van der Waals surface area contributed by atoms with Crippen LogP contribution in [0.1, 0.15) is 36.2 Å². The number of nitrogens with one attached hydrogen (secondary N) is 1. The zero-order valence-corrected chi connectivity index (χ0v) is 12.6. The highest BCUT2D eigenvalue weighted by Gasteiger charge is 2.21. The maximum Gasteiger partial charge on any atom is 0.124 e. The molecule has 0 spiro atoms. The van der Waals surface area contributed by atoms with Crippen LogP contribution in [0, 0.1) is 6.92 Å². The van der Waals surface area contributed by atoms with Gasteiger partial charge in [-0.1, -0.05) is 18.2 Å². The summed E-state index contributed by atoms with van der Waals surface area (Å²) in [6.07, 6.45) is 0. The van der Waals surface area contributed by atoms with Gasteiger partial charge in [-0.3, -0.25) is 0 Å². The molecule has 1 atom stereocenters. The average Bonchev–Trinajstić information content (AvgIpc) is 2.82. The number of nitrogens with zero attached hydrogens (tertiary/aromatic N) is 1. The Morgan fingerprint density at radius 1 is 1.26 bits per heavy atom. The first-order chi connectivity index (χ1) is 9.11. The molecule has 1 N–H and O–H groups in total. The van der Waals surface area contributed by atoms with Crippen molar-refractivity contribution in [3.05, 3.63) is 45.9 Å². The Morgan fingerprint density at radius 2 is 2.00 bits per heavy atom. The second-order valence-electron chi connectivity index (χ2n) is 4.82. The van der Waals surface area contributed by atoms with Gasteiger partial charge in [0.25, 0.3) is 0 Å². The van der Waals surface area contributed by atoms with Crippen LogP contribution in [0.5, 0.6) is 5.75 Å². The summed E-state index contributed by atoms with van der Waals surface area (Å²) in [6, 6.07) is 8.56. The summed E-state index contributed by atoms with van der Waals surface area (Å²) in [5.74, 6) is 0.897. The van der Waals surface area contributed by atoms with Gasteiger partial charge in [0.15, 0.2) is 0 Å². The number of aromatic nitrogens is 1. The van der Waals surface area contributed by atoms with Gasteiger partial charge >= 0.3 is 0 Å². The number of benzene rings is 1. The van der Waals surface area contributed by atoms with Crippen molar-refractivity contribution in [1.82, 2.24) is 10.3 Å². The highest BCUT2D eigenvalue weighted by Crippen LogP contribution is 2.31. The van der Waals surface area contributed by atoms with E-state index in [1.165, 1.54) is 0 Å². The molecule has 0 saturated heterocycles. The van der Waals surface area contributed by atoms with Crippen LogP contribution in [0.4, 0.5) is 0 Å². The number of para-hydroxylation sites is 1. The Balaban J connectivity index is 2.42. The standard InChI is InChI=1S/C15H20N2OS/c1-10(2)16-14(15-17-11(3)9-19-15)12-7-5-6-8-13(12)18-4/h5-10,14,16H,1-4H3. The van der Waals surface area contributed by atoms with E-state index in [9.17, 15) is 0 Å². The molecule has 0 fully saturated rings. The maximum atomic E-state index is 5.47. The third kappa shape index (κ3) is 3.33. The minimum Gasteiger partial charge on any atom is -0.496 e. The number of rotatable bonds is 5. The molecule has 102 valence electrons. The largest absolute Gasteiger partial charge is 0.496 e. The molecule has 0 bridgehead atoms. The molecule has 1 heterocycles. The topological polar surface area (TPSA) is 34.1 Å². The highest BCUT2D eigenvalue weighted by atomic mass is 32.1. The summed E-state index contributed by atoms with van der Waals surface area (Å²) < 4.78 is 5.47. The van der Waals surface area contributed by atoms with E-state index in [4.69, 9.17) is 4.74 Å². The summed E-state index contributed by atoms with van der Waals surface area (Å²) in [5.41, 5.74) is 2.19. The Bertz CT molecular complexity index is 536. The highest BCUT2D eigenvalue weighted by molar-refractivity contribution is 7.09. The molecular formula is C15H20N2OS. The molecule has 3 nitrogen and oxygen atoms in total. The Labute approximate surface area is 118 Å². The lowest BCUT2D eigenvalue weighted by atomic mass is 10.1. The summed E-state index contributed by atoms with van der Waals surface area (Å²) >= 11 is 1.68.